The molecule has 0 aromatic heterocycles. The van der Waals surface area contributed by atoms with Crippen LogP contribution in [-0.4, -0.2) is 31.3 Å². The van der Waals surface area contributed by atoms with Crippen LogP contribution in [0.3, 0.4) is 0 Å². The number of allylic oxidation sites excluding steroid dienone is 2. The first kappa shape index (κ1) is 8.84. The molecule has 1 rings (SSSR count). The second-order valence-corrected chi connectivity index (χ2v) is 2.81. The summed E-state index contributed by atoms with van der Waals surface area (Å²) < 4.78 is 0. The molecular formula is C9H14N2O. The van der Waals surface area contributed by atoms with E-state index in [9.17, 15) is 0 Å². The van der Waals surface area contributed by atoms with Crippen molar-refractivity contribution in [3.8, 4) is 0 Å². The van der Waals surface area contributed by atoms with Crippen molar-refractivity contribution in [1.82, 2.24) is 4.90 Å². The summed E-state index contributed by atoms with van der Waals surface area (Å²) in [5.41, 5.74) is 2.13. The molecule has 0 aromatic rings. The van der Waals surface area contributed by atoms with Crippen molar-refractivity contribution in [1.29, 1.82) is 0 Å². The Kier molecular flexibility index (Phi) is 2.91. The first-order chi connectivity index (χ1) is 5.74. The zero-order valence-electron chi connectivity index (χ0n) is 7.74. The van der Waals surface area contributed by atoms with E-state index < -0.39 is 0 Å². The van der Waals surface area contributed by atoms with E-state index in [0.29, 0.717) is 0 Å². The summed E-state index contributed by atoms with van der Waals surface area (Å²) >= 11 is 0. The molecule has 0 spiro atoms. The van der Waals surface area contributed by atoms with Gasteiger partial charge in [-0.05, 0) is 24.8 Å². The molecule has 0 amide bonds. The van der Waals surface area contributed by atoms with E-state index >= 15 is 0 Å². The molecule has 0 saturated heterocycles. The lowest BCUT2D eigenvalue weighted by Crippen LogP contribution is -2.20. The minimum absolute atomic E-state index is 0.898. The SMILES string of the molecule is CON=C(C)C1=CC=CN(C)C1. The van der Waals surface area contributed by atoms with Gasteiger partial charge in [0.25, 0.3) is 0 Å². The van der Waals surface area contributed by atoms with Gasteiger partial charge in [-0.15, -0.1) is 0 Å². The van der Waals surface area contributed by atoms with Gasteiger partial charge in [-0.25, -0.2) is 0 Å². The number of nitrogens with zero attached hydrogens (tertiary/aromatic N) is 2. The van der Waals surface area contributed by atoms with Crippen molar-refractivity contribution in [2.45, 2.75) is 6.92 Å². The van der Waals surface area contributed by atoms with E-state index in [0.717, 1.165) is 12.3 Å². The first-order valence-corrected chi connectivity index (χ1v) is 3.89. The van der Waals surface area contributed by atoms with Crippen molar-refractivity contribution in [3.05, 3.63) is 23.9 Å². The summed E-state index contributed by atoms with van der Waals surface area (Å²) in [7, 11) is 3.59. The fourth-order valence-electron chi connectivity index (χ4n) is 1.11. The molecule has 66 valence electrons. The lowest BCUT2D eigenvalue weighted by molar-refractivity contribution is 0.213. The normalized spacial score (nSPS) is 17.8. The molecule has 12 heavy (non-hydrogen) atoms. The van der Waals surface area contributed by atoms with Crippen molar-refractivity contribution < 1.29 is 4.84 Å². The Labute approximate surface area is 73.0 Å². The summed E-state index contributed by atoms with van der Waals surface area (Å²) in [6.07, 6.45) is 6.09. The number of likely N-dealkylation sites (N-methyl/N-ethyl adjacent to an activating group) is 1. The van der Waals surface area contributed by atoms with Gasteiger partial charge in [0.05, 0.1) is 5.71 Å². The minimum atomic E-state index is 0.898. The van der Waals surface area contributed by atoms with E-state index in [4.69, 9.17) is 4.84 Å². The van der Waals surface area contributed by atoms with E-state index in [1.165, 1.54) is 5.57 Å². The number of hydrogen-bond acceptors (Lipinski definition) is 3. The van der Waals surface area contributed by atoms with Gasteiger partial charge in [0, 0.05) is 13.6 Å². The topological polar surface area (TPSA) is 24.8 Å². The van der Waals surface area contributed by atoms with Crippen LogP contribution in [0.25, 0.3) is 0 Å². The molecule has 0 bridgehead atoms. The lowest BCUT2D eigenvalue weighted by atomic mass is 10.1. The number of hydrogen-bond donors (Lipinski definition) is 0. The van der Waals surface area contributed by atoms with Crippen molar-refractivity contribution in [2.24, 2.45) is 5.16 Å². The maximum absolute atomic E-state index is 4.70. The average Bonchev–Trinajstić information content (AvgIpc) is 2.05. The molecule has 0 N–H and O–H groups in total. The fourth-order valence-corrected chi connectivity index (χ4v) is 1.11. The first-order valence-electron chi connectivity index (χ1n) is 3.89. The van der Waals surface area contributed by atoms with Gasteiger partial charge in [-0.2, -0.15) is 0 Å². The van der Waals surface area contributed by atoms with Gasteiger partial charge in [-0.3, -0.25) is 0 Å². The Morgan fingerprint density at radius 2 is 2.42 bits per heavy atom. The molecular weight excluding hydrogens is 152 g/mol. The predicted molar refractivity (Wildman–Crippen MR) is 50.0 cm³/mol. The third-order valence-corrected chi connectivity index (χ3v) is 1.75. The zero-order chi connectivity index (χ0) is 8.97. The third-order valence-electron chi connectivity index (χ3n) is 1.75. The van der Waals surface area contributed by atoms with Crippen molar-refractivity contribution in [3.63, 3.8) is 0 Å². The summed E-state index contributed by atoms with van der Waals surface area (Å²) in [6, 6.07) is 0. The summed E-state index contributed by atoms with van der Waals surface area (Å²) in [6.45, 7) is 2.84. The van der Waals surface area contributed by atoms with Crippen LogP contribution in [-0.2, 0) is 4.84 Å². The van der Waals surface area contributed by atoms with Crippen LogP contribution in [0.15, 0.2) is 29.1 Å². The second-order valence-electron chi connectivity index (χ2n) is 2.81. The average molecular weight is 166 g/mol. The zero-order valence-corrected chi connectivity index (χ0v) is 7.74. The van der Waals surface area contributed by atoms with Crippen molar-refractivity contribution >= 4 is 5.71 Å². The van der Waals surface area contributed by atoms with E-state index in [1.54, 1.807) is 7.11 Å². The van der Waals surface area contributed by atoms with Gasteiger partial charge >= 0.3 is 0 Å². The highest BCUT2D eigenvalue weighted by atomic mass is 16.6. The van der Waals surface area contributed by atoms with Crippen LogP contribution in [0.4, 0.5) is 0 Å². The molecule has 3 heteroatoms. The van der Waals surface area contributed by atoms with Crippen LogP contribution < -0.4 is 0 Å². The molecule has 1 aliphatic heterocycles. The summed E-state index contributed by atoms with van der Waals surface area (Å²) in [5.74, 6) is 0. The van der Waals surface area contributed by atoms with Crippen LogP contribution >= 0.6 is 0 Å². The molecule has 0 unspecified atom stereocenters. The maximum Gasteiger partial charge on any atom is 0.106 e. The Morgan fingerprint density at radius 3 is 3.00 bits per heavy atom. The van der Waals surface area contributed by atoms with E-state index in [2.05, 4.69) is 16.1 Å². The van der Waals surface area contributed by atoms with Gasteiger partial charge in [0.2, 0.25) is 0 Å². The highest BCUT2D eigenvalue weighted by molar-refractivity contribution is 5.98. The minimum Gasteiger partial charge on any atom is -0.399 e. The lowest BCUT2D eigenvalue weighted by Gasteiger charge is -2.19. The predicted octanol–water partition coefficient (Wildman–Crippen LogP) is 1.39. The van der Waals surface area contributed by atoms with Crippen LogP contribution in [0.2, 0.25) is 0 Å². The van der Waals surface area contributed by atoms with Gasteiger partial charge in [0.1, 0.15) is 7.11 Å². The quantitative estimate of drug-likeness (QED) is 0.457. The molecule has 1 aliphatic rings. The highest BCUT2D eigenvalue weighted by Crippen LogP contribution is 2.07. The Hall–Kier alpha value is -1.25. The van der Waals surface area contributed by atoms with Crippen molar-refractivity contribution in [2.75, 3.05) is 20.7 Å². The number of rotatable bonds is 2. The molecule has 3 nitrogen and oxygen atoms in total. The molecule has 0 aliphatic carbocycles. The summed E-state index contributed by atoms with van der Waals surface area (Å²) in [4.78, 5) is 6.80. The largest absolute Gasteiger partial charge is 0.399 e. The van der Waals surface area contributed by atoms with Gasteiger partial charge in [0.15, 0.2) is 0 Å². The van der Waals surface area contributed by atoms with E-state index in [1.807, 2.05) is 26.2 Å². The second kappa shape index (κ2) is 3.95. The standard InChI is InChI=1S/C9H14N2O/c1-8(10-12-3)9-5-4-6-11(2)7-9/h4-6H,7H2,1-3H3. The Balaban J connectivity index is 2.69. The maximum atomic E-state index is 4.70. The summed E-state index contributed by atoms with van der Waals surface area (Å²) in [5, 5.41) is 3.87. The van der Waals surface area contributed by atoms with E-state index in [-0.39, 0.29) is 0 Å². The molecule has 0 aromatic carbocycles. The molecule has 0 radical (unpaired) electrons. The fraction of sp³-hybridized carbons (Fsp3) is 0.444. The van der Waals surface area contributed by atoms with Gasteiger partial charge < -0.3 is 9.74 Å². The highest BCUT2D eigenvalue weighted by Gasteiger charge is 2.06. The molecule has 0 fully saturated rings. The smallest absolute Gasteiger partial charge is 0.106 e. The monoisotopic (exact) mass is 166 g/mol. The Morgan fingerprint density at radius 1 is 1.67 bits per heavy atom. The number of oxime groups is 1. The Bertz CT molecular complexity index is 241. The van der Waals surface area contributed by atoms with Crippen LogP contribution in [0.5, 0.6) is 0 Å². The molecule has 0 atom stereocenters. The third kappa shape index (κ3) is 2.12. The van der Waals surface area contributed by atoms with Crippen LogP contribution in [0, 0.1) is 0 Å². The van der Waals surface area contributed by atoms with Crippen LogP contribution in [0.1, 0.15) is 6.92 Å². The molecule has 0 saturated carbocycles. The molecule has 1 heterocycles. The van der Waals surface area contributed by atoms with Gasteiger partial charge in [-0.1, -0.05) is 11.2 Å².